The molecule has 3 nitrogen and oxygen atoms in total. The van der Waals surface area contributed by atoms with Crippen LogP contribution in [0.4, 0.5) is 0 Å². The van der Waals surface area contributed by atoms with Crippen molar-refractivity contribution in [3.63, 3.8) is 0 Å². The molecule has 17 heavy (non-hydrogen) atoms. The predicted octanol–water partition coefficient (Wildman–Crippen LogP) is 1.47. The van der Waals surface area contributed by atoms with E-state index in [0.29, 0.717) is 6.04 Å². The highest BCUT2D eigenvalue weighted by molar-refractivity contribution is 4.90. The maximum absolute atomic E-state index is 10.0. The summed E-state index contributed by atoms with van der Waals surface area (Å²) in [4.78, 5) is 2.45. The van der Waals surface area contributed by atoms with Crippen molar-refractivity contribution < 1.29 is 5.11 Å². The zero-order valence-corrected chi connectivity index (χ0v) is 11.6. The number of hydrogen-bond acceptors (Lipinski definition) is 3. The molecule has 2 N–H and O–H groups in total. The van der Waals surface area contributed by atoms with Crippen LogP contribution in [0.2, 0.25) is 0 Å². The standard InChI is InChI=1S/C14H28N2O/c1-11-4-5-13(15-3)12(8-11)9-16-7-6-14(2,17)10-16/h11-13,15,17H,4-10H2,1-3H3. The molecule has 0 amide bonds. The Balaban J connectivity index is 1.88. The predicted molar refractivity (Wildman–Crippen MR) is 71.0 cm³/mol. The van der Waals surface area contributed by atoms with Crippen molar-refractivity contribution in [2.45, 2.75) is 51.2 Å². The van der Waals surface area contributed by atoms with Crippen LogP contribution in [0.5, 0.6) is 0 Å². The van der Waals surface area contributed by atoms with Crippen LogP contribution in [-0.4, -0.2) is 48.3 Å². The molecule has 0 aromatic rings. The number of likely N-dealkylation sites (tertiary alicyclic amines) is 1. The Hall–Kier alpha value is -0.120. The van der Waals surface area contributed by atoms with Crippen molar-refractivity contribution in [2.75, 3.05) is 26.7 Å². The van der Waals surface area contributed by atoms with Crippen LogP contribution in [0.1, 0.15) is 39.5 Å². The number of aliphatic hydroxyl groups is 1. The van der Waals surface area contributed by atoms with Gasteiger partial charge in [-0.15, -0.1) is 0 Å². The maximum Gasteiger partial charge on any atom is 0.0758 e. The van der Waals surface area contributed by atoms with E-state index in [2.05, 4.69) is 24.2 Å². The summed E-state index contributed by atoms with van der Waals surface area (Å²) in [6, 6.07) is 0.678. The normalized spacial score (nSPS) is 44.1. The van der Waals surface area contributed by atoms with Crippen molar-refractivity contribution in [1.82, 2.24) is 10.2 Å². The Bertz CT molecular complexity index is 255. The lowest BCUT2D eigenvalue weighted by atomic mass is 9.78. The number of nitrogens with one attached hydrogen (secondary N) is 1. The smallest absolute Gasteiger partial charge is 0.0758 e. The Morgan fingerprint density at radius 2 is 2.18 bits per heavy atom. The van der Waals surface area contributed by atoms with E-state index in [-0.39, 0.29) is 0 Å². The largest absolute Gasteiger partial charge is 0.389 e. The van der Waals surface area contributed by atoms with E-state index >= 15 is 0 Å². The zero-order chi connectivity index (χ0) is 12.5. The highest BCUT2D eigenvalue weighted by Gasteiger charge is 2.35. The highest BCUT2D eigenvalue weighted by atomic mass is 16.3. The summed E-state index contributed by atoms with van der Waals surface area (Å²) in [5, 5.41) is 13.5. The Morgan fingerprint density at radius 1 is 1.41 bits per heavy atom. The van der Waals surface area contributed by atoms with Gasteiger partial charge in [-0.3, -0.25) is 0 Å². The lowest BCUT2D eigenvalue weighted by Crippen LogP contribution is -2.44. The van der Waals surface area contributed by atoms with Gasteiger partial charge in [0.25, 0.3) is 0 Å². The molecule has 1 aliphatic carbocycles. The summed E-state index contributed by atoms with van der Waals surface area (Å²) in [5.41, 5.74) is -0.449. The molecular weight excluding hydrogens is 212 g/mol. The fraction of sp³-hybridized carbons (Fsp3) is 1.00. The second-order valence-corrected chi connectivity index (χ2v) is 6.56. The molecule has 4 unspecified atom stereocenters. The first kappa shape index (κ1) is 13.3. The zero-order valence-electron chi connectivity index (χ0n) is 11.6. The molecule has 0 aromatic carbocycles. The van der Waals surface area contributed by atoms with Gasteiger partial charge in [-0.1, -0.05) is 6.92 Å². The summed E-state index contributed by atoms with van der Waals surface area (Å²) in [6.45, 7) is 7.42. The van der Waals surface area contributed by atoms with Gasteiger partial charge in [0.1, 0.15) is 0 Å². The third-order valence-corrected chi connectivity index (χ3v) is 4.64. The van der Waals surface area contributed by atoms with Crippen LogP contribution in [0.3, 0.4) is 0 Å². The van der Waals surface area contributed by atoms with Crippen LogP contribution >= 0.6 is 0 Å². The van der Waals surface area contributed by atoms with Crippen LogP contribution in [0.25, 0.3) is 0 Å². The molecule has 2 aliphatic rings. The van der Waals surface area contributed by atoms with Crippen molar-refractivity contribution in [2.24, 2.45) is 11.8 Å². The average molecular weight is 240 g/mol. The van der Waals surface area contributed by atoms with Gasteiger partial charge in [0.15, 0.2) is 0 Å². The van der Waals surface area contributed by atoms with E-state index in [0.717, 1.165) is 37.9 Å². The molecule has 3 heteroatoms. The SMILES string of the molecule is CNC1CCC(C)CC1CN1CCC(C)(O)C1. The molecule has 1 saturated heterocycles. The number of β-amino-alcohol motifs (C(OH)–C–C–N with tert-alkyl or cyclic N) is 1. The van der Waals surface area contributed by atoms with Crippen LogP contribution < -0.4 is 5.32 Å². The van der Waals surface area contributed by atoms with Crippen molar-refractivity contribution in [3.8, 4) is 0 Å². The lowest BCUT2D eigenvalue weighted by molar-refractivity contribution is 0.0628. The summed E-state index contributed by atoms with van der Waals surface area (Å²) >= 11 is 0. The Labute approximate surface area is 106 Å². The fourth-order valence-electron chi connectivity index (χ4n) is 3.61. The first-order valence-electron chi connectivity index (χ1n) is 7.12. The van der Waals surface area contributed by atoms with E-state index in [1.165, 1.54) is 19.3 Å². The third-order valence-electron chi connectivity index (χ3n) is 4.64. The molecular formula is C14H28N2O. The van der Waals surface area contributed by atoms with Gasteiger partial charge < -0.3 is 15.3 Å². The van der Waals surface area contributed by atoms with E-state index in [1.54, 1.807) is 0 Å². The monoisotopic (exact) mass is 240 g/mol. The lowest BCUT2D eigenvalue weighted by Gasteiger charge is -2.37. The fourth-order valence-corrected chi connectivity index (χ4v) is 3.61. The van der Waals surface area contributed by atoms with Gasteiger partial charge in [-0.25, -0.2) is 0 Å². The summed E-state index contributed by atoms with van der Waals surface area (Å²) in [7, 11) is 2.09. The van der Waals surface area contributed by atoms with Gasteiger partial charge >= 0.3 is 0 Å². The molecule has 4 atom stereocenters. The molecule has 2 rings (SSSR count). The number of nitrogens with zero attached hydrogens (tertiary/aromatic N) is 1. The van der Waals surface area contributed by atoms with E-state index < -0.39 is 5.60 Å². The van der Waals surface area contributed by atoms with Gasteiger partial charge in [0.2, 0.25) is 0 Å². The summed E-state index contributed by atoms with van der Waals surface area (Å²) in [6.07, 6.45) is 4.94. The van der Waals surface area contributed by atoms with Crippen molar-refractivity contribution in [1.29, 1.82) is 0 Å². The molecule has 0 spiro atoms. The number of rotatable bonds is 3. The molecule has 2 fully saturated rings. The minimum atomic E-state index is -0.449. The molecule has 0 radical (unpaired) electrons. The first-order valence-corrected chi connectivity index (χ1v) is 7.12. The van der Waals surface area contributed by atoms with Gasteiger partial charge in [0.05, 0.1) is 5.60 Å². The second kappa shape index (κ2) is 5.25. The minimum absolute atomic E-state index is 0.449. The number of hydrogen-bond donors (Lipinski definition) is 2. The Morgan fingerprint density at radius 3 is 2.76 bits per heavy atom. The topological polar surface area (TPSA) is 35.5 Å². The van der Waals surface area contributed by atoms with Crippen molar-refractivity contribution in [3.05, 3.63) is 0 Å². The van der Waals surface area contributed by atoms with E-state index in [4.69, 9.17) is 0 Å². The van der Waals surface area contributed by atoms with Gasteiger partial charge in [-0.05, 0) is 51.5 Å². The Kier molecular flexibility index (Phi) is 4.11. The highest BCUT2D eigenvalue weighted by Crippen LogP contribution is 2.31. The van der Waals surface area contributed by atoms with Crippen molar-refractivity contribution >= 4 is 0 Å². The van der Waals surface area contributed by atoms with Crippen LogP contribution in [0.15, 0.2) is 0 Å². The molecule has 1 heterocycles. The molecule has 1 aliphatic heterocycles. The van der Waals surface area contributed by atoms with E-state index in [1.807, 2.05) is 6.92 Å². The molecule has 1 saturated carbocycles. The van der Waals surface area contributed by atoms with Crippen LogP contribution in [0, 0.1) is 11.8 Å². The maximum atomic E-state index is 10.0. The average Bonchev–Trinajstić information content (AvgIpc) is 2.58. The van der Waals surface area contributed by atoms with E-state index in [9.17, 15) is 5.11 Å². The molecule has 0 bridgehead atoms. The van der Waals surface area contributed by atoms with Crippen LogP contribution in [-0.2, 0) is 0 Å². The summed E-state index contributed by atoms with van der Waals surface area (Å²) < 4.78 is 0. The van der Waals surface area contributed by atoms with Gasteiger partial charge in [0, 0.05) is 25.7 Å². The quantitative estimate of drug-likeness (QED) is 0.784. The minimum Gasteiger partial charge on any atom is -0.389 e. The summed E-state index contributed by atoms with van der Waals surface area (Å²) in [5.74, 6) is 1.63. The molecule has 0 aromatic heterocycles. The molecule has 100 valence electrons. The van der Waals surface area contributed by atoms with Gasteiger partial charge in [-0.2, -0.15) is 0 Å². The third kappa shape index (κ3) is 3.43. The second-order valence-electron chi connectivity index (χ2n) is 6.56. The first-order chi connectivity index (χ1) is 8.00.